The van der Waals surface area contributed by atoms with Crippen LogP contribution < -0.4 is 27.7 Å². The highest BCUT2D eigenvalue weighted by atomic mass is 19.1. The number of hydrogen-bond acceptors (Lipinski definition) is 6. The zero-order valence-electron chi connectivity index (χ0n) is 16.8. The molecule has 29 heavy (non-hydrogen) atoms. The lowest BCUT2D eigenvalue weighted by molar-refractivity contribution is 0.166. The minimum atomic E-state index is -1.04. The SMILES string of the molecule is COCC[C@H](N)[C@H]1CN(c2ccc3c(=O)n(N)c(=O)n(C4CC4)c3c2C)C[C@H]1F. The van der Waals surface area contributed by atoms with E-state index in [9.17, 15) is 14.0 Å². The van der Waals surface area contributed by atoms with Gasteiger partial charge in [-0.1, -0.05) is 0 Å². The molecule has 2 aliphatic rings. The highest BCUT2D eigenvalue weighted by molar-refractivity contribution is 5.87. The Bertz CT molecular complexity index is 1050. The number of nitrogens with zero attached hydrogens (tertiary/aromatic N) is 3. The Morgan fingerprint density at radius 2 is 2.00 bits per heavy atom. The number of aromatic nitrogens is 2. The normalized spacial score (nSPS) is 23.1. The van der Waals surface area contributed by atoms with Crippen LogP contribution in [0.5, 0.6) is 0 Å². The number of methoxy groups -OCH3 is 1. The summed E-state index contributed by atoms with van der Waals surface area (Å²) < 4.78 is 22.1. The van der Waals surface area contributed by atoms with Gasteiger partial charge in [0.1, 0.15) is 6.17 Å². The predicted molar refractivity (Wildman–Crippen MR) is 111 cm³/mol. The first kappa shape index (κ1) is 19.9. The van der Waals surface area contributed by atoms with Crippen LogP contribution in [0.3, 0.4) is 0 Å². The first-order chi connectivity index (χ1) is 13.8. The van der Waals surface area contributed by atoms with E-state index in [1.807, 2.05) is 17.9 Å². The van der Waals surface area contributed by atoms with Crippen LogP contribution >= 0.6 is 0 Å². The molecular weight excluding hydrogens is 377 g/mol. The minimum absolute atomic E-state index is 0.0528. The average molecular weight is 405 g/mol. The molecule has 2 heterocycles. The van der Waals surface area contributed by atoms with Gasteiger partial charge in [0, 0.05) is 50.5 Å². The van der Waals surface area contributed by atoms with Crippen molar-refractivity contribution in [1.82, 2.24) is 9.24 Å². The van der Waals surface area contributed by atoms with E-state index in [0.717, 1.165) is 24.1 Å². The lowest BCUT2D eigenvalue weighted by Gasteiger charge is -2.24. The second-order valence-corrected chi connectivity index (χ2v) is 8.19. The maximum absolute atomic E-state index is 14.8. The van der Waals surface area contributed by atoms with Crippen LogP contribution in [0.4, 0.5) is 10.1 Å². The van der Waals surface area contributed by atoms with Gasteiger partial charge in [0.2, 0.25) is 0 Å². The first-order valence-electron chi connectivity index (χ1n) is 10.0. The molecule has 1 aromatic heterocycles. The summed E-state index contributed by atoms with van der Waals surface area (Å²) in [6.45, 7) is 3.10. The number of nitrogens with two attached hydrogens (primary N) is 2. The standard InChI is InChI=1S/C20H28FN5O3/c1-11-17(24-9-14(15(21)10-24)16(22)7-8-29-2)6-5-13-18(11)25(12-3-4-12)20(28)26(23)19(13)27/h5-6,12,14-16H,3-4,7-10,22-23H2,1-2H3/t14-,15+,16-/m0/s1. The average Bonchev–Trinajstić information content (AvgIpc) is 3.46. The number of anilines is 1. The zero-order chi connectivity index (χ0) is 20.9. The summed E-state index contributed by atoms with van der Waals surface area (Å²) in [5.74, 6) is 5.43. The summed E-state index contributed by atoms with van der Waals surface area (Å²) in [6.07, 6.45) is 1.32. The van der Waals surface area contributed by atoms with E-state index < -0.39 is 17.4 Å². The molecule has 2 aromatic rings. The summed E-state index contributed by atoms with van der Waals surface area (Å²) in [4.78, 5) is 27.2. The number of rotatable bonds is 6. The first-order valence-corrected chi connectivity index (χ1v) is 10.0. The van der Waals surface area contributed by atoms with E-state index in [2.05, 4.69) is 0 Å². The Morgan fingerprint density at radius 1 is 1.28 bits per heavy atom. The molecule has 9 heteroatoms. The summed E-state index contributed by atoms with van der Waals surface area (Å²) in [5, 5.41) is 0.407. The Hall–Kier alpha value is -2.39. The summed E-state index contributed by atoms with van der Waals surface area (Å²) in [7, 11) is 1.60. The number of fused-ring (bicyclic) bond motifs is 1. The molecule has 0 radical (unpaired) electrons. The van der Waals surface area contributed by atoms with Gasteiger partial charge >= 0.3 is 5.69 Å². The second kappa shape index (κ2) is 7.46. The van der Waals surface area contributed by atoms with Crippen molar-refractivity contribution in [3.8, 4) is 0 Å². The third-order valence-electron chi connectivity index (χ3n) is 6.25. The van der Waals surface area contributed by atoms with Crippen molar-refractivity contribution >= 4 is 16.6 Å². The van der Waals surface area contributed by atoms with Crippen molar-refractivity contribution in [3.05, 3.63) is 38.5 Å². The number of ether oxygens (including phenoxy) is 1. The van der Waals surface area contributed by atoms with Gasteiger partial charge in [-0.3, -0.25) is 9.36 Å². The van der Waals surface area contributed by atoms with Gasteiger partial charge < -0.3 is 21.2 Å². The van der Waals surface area contributed by atoms with Crippen LogP contribution in [-0.4, -0.2) is 48.3 Å². The molecule has 0 unspecified atom stereocenters. The van der Waals surface area contributed by atoms with Crippen LogP contribution in [-0.2, 0) is 4.74 Å². The van der Waals surface area contributed by atoms with E-state index >= 15 is 0 Å². The number of alkyl halides is 1. The maximum atomic E-state index is 14.8. The smallest absolute Gasteiger partial charge is 0.350 e. The van der Waals surface area contributed by atoms with E-state index in [1.165, 1.54) is 0 Å². The van der Waals surface area contributed by atoms with Gasteiger partial charge in [-0.25, -0.2) is 9.18 Å². The molecule has 1 aliphatic carbocycles. The number of nitrogen functional groups attached to an aromatic ring is 1. The van der Waals surface area contributed by atoms with Crippen LogP contribution in [0.2, 0.25) is 0 Å². The van der Waals surface area contributed by atoms with Gasteiger partial charge in [0.25, 0.3) is 5.56 Å². The van der Waals surface area contributed by atoms with Crippen LogP contribution in [0.15, 0.2) is 21.7 Å². The van der Waals surface area contributed by atoms with Gasteiger partial charge in [-0.2, -0.15) is 4.68 Å². The minimum Gasteiger partial charge on any atom is -0.385 e. The predicted octanol–water partition coefficient (Wildman–Crippen LogP) is 0.658. The third kappa shape index (κ3) is 3.32. The molecule has 0 bridgehead atoms. The zero-order valence-corrected chi connectivity index (χ0v) is 16.8. The van der Waals surface area contributed by atoms with E-state index in [1.54, 1.807) is 17.7 Å². The maximum Gasteiger partial charge on any atom is 0.350 e. The van der Waals surface area contributed by atoms with Crippen molar-refractivity contribution in [1.29, 1.82) is 0 Å². The highest BCUT2D eigenvalue weighted by Gasteiger charge is 2.38. The summed E-state index contributed by atoms with van der Waals surface area (Å²) in [6, 6.07) is 3.27. The quantitative estimate of drug-likeness (QED) is 0.684. The van der Waals surface area contributed by atoms with Crippen LogP contribution in [0.1, 0.15) is 30.9 Å². The Morgan fingerprint density at radius 3 is 2.66 bits per heavy atom. The fourth-order valence-corrected chi connectivity index (χ4v) is 4.47. The number of aryl methyl sites for hydroxylation is 1. The van der Waals surface area contributed by atoms with Gasteiger partial charge in [0.05, 0.1) is 10.9 Å². The van der Waals surface area contributed by atoms with Gasteiger partial charge in [-0.05, 0) is 43.9 Å². The lowest BCUT2D eigenvalue weighted by atomic mass is 9.96. The van der Waals surface area contributed by atoms with Crippen LogP contribution in [0.25, 0.3) is 10.9 Å². The highest BCUT2D eigenvalue weighted by Crippen LogP contribution is 2.38. The third-order valence-corrected chi connectivity index (χ3v) is 6.25. The van der Waals surface area contributed by atoms with Crippen molar-refractivity contribution in [2.75, 3.05) is 37.5 Å². The number of halogens is 1. The molecule has 158 valence electrons. The summed E-state index contributed by atoms with van der Waals surface area (Å²) >= 11 is 0. The Labute approximate surface area is 167 Å². The molecule has 4 rings (SSSR count). The molecule has 1 saturated carbocycles. The van der Waals surface area contributed by atoms with Gasteiger partial charge in [0.15, 0.2) is 0 Å². The fourth-order valence-electron chi connectivity index (χ4n) is 4.47. The number of hydrogen-bond donors (Lipinski definition) is 2. The van der Waals surface area contributed by atoms with Crippen molar-refractivity contribution in [2.45, 2.75) is 44.4 Å². The molecule has 2 fully saturated rings. The molecule has 0 amide bonds. The Kier molecular flexibility index (Phi) is 5.12. The summed E-state index contributed by atoms with van der Waals surface area (Å²) in [5.41, 5.74) is 7.40. The topological polar surface area (TPSA) is 109 Å². The van der Waals surface area contributed by atoms with E-state index in [4.69, 9.17) is 16.3 Å². The fraction of sp³-hybridized carbons (Fsp3) is 0.600. The Balaban J connectivity index is 1.76. The van der Waals surface area contributed by atoms with E-state index in [-0.39, 0.29) is 24.5 Å². The molecular formula is C20H28FN5O3. The molecule has 1 aromatic carbocycles. The number of benzene rings is 1. The lowest BCUT2D eigenvalue weighted by Crippen LogP contribution is -2.44. The van der Waals surface area contributed by atoms with Crippen LogP contribution in [0, 0.1) is 12.8 Å². The van der Waals surface area contributed by atoms with Crippen molar-refractivity contribution in [3.63, 3.8) is 0 Å². The van der Waals surface area contributed by atoms with E-state index in [0.29, 0.717) is 35.2 Å². The molecule has 0 spiro atoms. The molecule has 4 N–H and O–H groups in total. The second-order valence-electron chi connectivity index (χ2n) is 8.19. The van der Waals surface area contributed by atoms with Crippen molar-refractivity contribution in [2.24, 2.45) is 11.7 Å². The van der Waals surface area contributed by atoms with Gasteiger partial charge in [-0.15, -0.1) is 0 Å². The molecule has 1 aliphatic heterocycles. The molecule has 3 atom stereocenters. The molecule has 8 nitrogen and oxygen atoms in total. The van der Waals surface area contributed by atoms with Crippen molar-refractivity contribution < 1.29 is 9.13 Å². The molecule has 1 saturated heterocycles. The largest absolute Gasteiger partial charge is 0.385 e. The monoisotopic (exact) mass is 405 g/mol.